The molecule has 1 aromatic carbocycles. The van der Waals surface area contributed by atoms with Crippen LogP contribution in [0.2, 0.25) is 0 Å². The number of hydrogen-bond acceptors (Lipinski definition) is 3. The molecule has 4 heteroatoms. The van der Waals surface area contributed by atoms with E-state index in [9.17, 15) is 4.79 Å². The van der Waals surface area contributed by atoms with Crippen LogP contribution in [0.25, 0.3) is 0 Å². The van der Waals surface area contributed by atoms with Crippen LogP contribution in [0.5, 0.6) is 0 Å². The molecule has 2 aromatic rings. The van der Waals surface area contributed by atoms with Crippen LogP contribution in [0.15, 0.2) is 48.7 Å². The molecule has 1 aliphatic heterocycles. The minimum atomic E-state index is 0.0403. The maximum atomic E-state index is 12.3. The molecule has 1 fully saturated rings. The lowest BCUT2D eigenvalue weighted by Gasteiger charge is -2.31. The number of nitrogens with zero attached hydrogens (tertiary/aromatic N) is 2. The molecule has 1 amide bonds. The molecule has 3 rings (SSSR count). The van der Waals surface area contributed by atoms with E-state index in [-0.39, 0.29) is 5.91 Å². The van der Waals surface area contributed by atoms with Gasteiger partial charge in [-0.3, -0.25) is 14.7 Å². The van der Waals surface area contributed by atoms with Crippen molar-refractivity contribution in [2.24, 2.45) is 5.92 Å². The number of nitrogens with one attached hydrogen (secondary N) is 1. The summed E-state index contributed by atoms with van der Waals surface area (Å²) in [4.78, 5) is 19.1. The minimum Gasteiger partial charge on any atom is -0.352 e. The number of aromatic nitrogens is 1. The molecular weight excluding hydrogens is 310 g/mol. The highest BCUT2D eigenvalue weighted by Gasteiger charge is 2.20. The van der Waals surface area contributed by atoms with Gasteiger partial charge in [0, 0.05) is 24.8 Å². The summed E-state index contributed by atoms with van der Waals surface area (Å²) >= 11 is 0. The minimum absolute atomic E-state index is 0.0403. The van der Waals surface area contributed by atoms with E-state index in [0.29, 0.717) is 5.92 Å². The van der Waals surface area contributed by atoms with Crippen molar-refractivity contribution in [3.63, 3.8) is 0 Å². The van der Waals surface area contributed by atoms with Crippen molar-refractivity contribution in [2.45, 2.75) is 32.7 Å². The van der Waals surface area contributed by atoms with Gasteiger partial charge in [-0.05, 0) is 68.1 Å². The Morgan fingerprint density at radius 3 is 2.56 bits per heavy atom. The molecule has 2 heterocycles. The Morgan fingerprint density at radius 2 is 1.92 bits per heavy atom. The standard InChI is InChI=1S/C21H27N3O/c1-2-17-6-8-19(9-7-17)21(25)23-15-18-10-13-24(14-11-18)16-20-5-3-4-12-22-20/h3-9,12,18H,2,10-11,13-16H2,1H3,(H,23,25). The van der Waals surface area contributed by atoms with Gasteiger partial charge in [0.05, 0.1) is 5.69 Å². The molecule has 25 heavy (non-hydrogen) atoms. The molecule has 0 spiro atoms. The van der Waals surface area contributed by atoms with Gasteiger partial charge in [0.1, 0.15) is 0 Å². The van der Waals surface area contributed by atoms with Crippen molar-refractivity contribution in [3.8, 4) is 0 Å². The zero-order chi connectivity index (χ0) is 17.5. The number of pyridine rings is 1. The number of carbonyl (C=O) groups is 1. The van der Waals surface area contributed by atoms with Gasteiger partial charge in [-0.1, -0.05) is 25.1 Å². The van der Waals surface area contributed by atoms with Gasteiger partial charge in [0.2, 0.25) is 0 Å². The van der Waals surface area contributed by atoms with E-state index in [1.807, 2.05) is 42.6 Å². The van der Waals surface area contributed by atoms with Crippen LogP contribution in [-0.4, -0.2) is 35.4 Å². The van der Waals surface area contributed by atoms with Gasteiger partial charge in [-0.25, -0.2) is 0 Å². The zero-order valence-electron chi connectivity index (χ0n) is 14.9. The number of aryl methyl sites for hydroxylation is 1. The fraction of sp³-hybridized carbons (Fsp3) is 0.429. The van der Waals surface area contributed by atoms with E-state index in [1.54, 1.807) is 0 Å². The van der Waals surface area contributed by atoms with E-state index in [4.69, 9.17) is 0 Å². The first-order valence-corrected chi connectivity index (χ1v) is 9.24. The molecule has 1 aromatic heterocycles. The van der Waals surface area contributed by atoms with Crippen LogP contribution in [0.1, 0.15) is 41.4 Å². The Labute approximate surface area is 150 Å². The molecular formula is C21H27N3O. The predicted molar refractivity (Wildman–Crippen MR) is 100 cm³/mol. The first-order chi connectivity index (χ1) is 12.2. The smallest absolute Gasteiger partial charge is 0.251 e. The van der Waals surface area contributed by atoms with Crippen molar-refractivity contribution in [2.75, 3.05) is 19.6 Å². The summed E-state index contributed by atoms with van der Waals surface area (Å²) < 4.78 is 0. The predicted octanol–water partition coefficient (Wildman–Crippen LogP) is 3.29. The SMILES string of the molecule is CCc1ccc(C(=O)NCC2CCN(Cc3ccccn3)CC2)cc1. The second-order valence-electron chi connectivity index (χ2n) is 6.80. The summed E-state index contributed by atoms with van der Waals surface area (Å²) in [6.07, 6.45) is 5.10. The van der Waals surface area contributed by atoms with Crippen molar-refractivity contribution in [1.82, 2.24) is 15.2 Å². The third kappa shape index (κ3) is 5.13. The number of piperidine rings is 1. The molecule has 132 valence electrons. The van der Waals surface area contributed by atoms with E-state index in [2.05, 4.69) is 28.2 Å². The monoisotopic (exact) mass is 337 g/mol. The third-order valence-electron chi connectivity index (χ3n) is 4.99. The van der Waals surface area contributed by atoms with Crippen molar-refractivity contribution in [1.29, 1.82) is 0 Å². The molecule has 4 nitrogen and oxygen atoms in total. The van der Waals surface area contributed by atoms with Gasteiger partial charge in [0.25, 0.3) is 5.91 Å². The second-order valence-corrected chi connectivity index (χ2v) is 6.80. The quantitative estimate of drug-likeness (QED) is 0.880. The van der Waals surface area contributed by atoms with Crippen LogP contribution in [0.4, 0.5) is 0 Å². The first kappa shape index (κ1) is 17.6. The van der Waals surface area contributed by atoms with Gasteiger partial charge in [-0.2, -0.15) is 0 Å². The van der Waals surface area contributed by atoms with Crippen LogP contribution in [0.3, 0.4) is 0 Å². The summed E-state index contributed by atoms with van der Waals surface area (Å²) in [6, 6.07) is 14.0. The first-order valence-electron chi connectivity index (χ1n) is 9.24. The lowest BCUT2D eigenvalue weighted by molar-refractivity contribution is 0.0935. The van der Waals surface area contributed by atoms with Crippen LogP contribution < -0.4 is 5.32 Å². The van der Waals surface area contributed by atoms with Gasteiger partial charge >= 0.3 is 0 Å². The molecule has 0 saturated carbocycles. The molecule has 0 radical (unpaired) electrons. The van der Waals surface area contributed by atoms with Gasteiger partial charge < -0.3 is 5.32 Å². The van der Waals surface area contributed by atoms with Crippen molar-refractivity contribution >= 4 is 5.91 Å². The average molecular weight is 337 g/mol. The van der Waals surface area contributed by atoms with Crippen LogP contribution in [-0.2, 0) is 13.0 Å². The molecule has 0 aliphatic carbocycles. The number of likely N-dealkylation sites (tertiary alicyclic amines) is 1. The van der Waals surface area contributed by atoms with Crippen molar-refractivity contribution in [3.05, 3.63) is 65.5 Å². The Kier molecular flexibility index (Phi) is 6.18. The lowest BCUT2D eigenvalue weighted by Crippen LogP contribution is -2.38. The number of benzene rings is 1. The topological polar surface area (TPSA) is 45.2 Å². The highest BCUT2D eigenvalue weighted by molar-refractivity contribution is 5.94. The summed E-state index contributed by atoms with van der Waals surface area (Å²) in [5.74, 6) is 0.609. The van der Waals surface area contributed by atoms with Crippen molar-refractivity contribution < 1.29 is 4.79 Å². The fourth-order valence-corrected chi connectivity index (χ4v) is 3.30. The van der Waals surface area contributed by atoms with E-state index in [1.165, 1.54) is 5.56 Å². The highest BCUT2D eigenvalue weighted by Crippen LogP contribution is 2.18. The number of hydrogen-bond donors (Lipinski definition) is 1. The normalized spacial score (nSPS) is 15.9. The highest BCUT2D eigenvalue weighted by atomic mass is 16.1. The summed E-state index contributed by atoms with van der Waals surface area (Å²) in [5.41, 5.74) is 3.14. The maximum Gasteiger partial charge on any atom is 0.251 e. The Hall–Kier alpha value is -2.20. The van der Waals surface area contributed by atoms with Gasteiger partial charge in [-0.15, -0.1) is 0 Å². The molecule has 1 aliphatic rings. The Balaban J connectivity index is 1.40. The van der Waals surface area contributed by atoms with E-state index >= 15 is 0 Å². The Bertz CT molecular complexity index is 661. The molecule has 1 N–H and O–H groups in total. The van der Waals surface area contributed by atoms with Crippen LogP contribution in [0, 0.1) is 5.92 Å². The number of rotatable bonds is 6. The number of amides is 1. The largest absolute Gasteiger partial charge is 0.352 e. The fourth-order valence-electron chi connectivity index (χ4n) is 3.30. The van der Waals surface area contributed by atoms with Crippen LogP contribution >= 0.6 is 0 Å². The summed E-state index contributed by atoms with van der Waals surface area (Å²) in [5, 5.41) is 3.10. The zero-order valence-corrected chi connectivity index (χ0v) is 14.9. The van der Waals surface area contributed by atoms with E-state index < -0.39 is 0 Å². The average Bonchev–Trinajstić information content (AvgIpc) is 2.68. The lowest BCUT2D eigenvalue weighted by atomic mass is 9.96. The summed E-state index contributed by atoms with van der Waals surface area (Å²) in [6.45, 7) is 5.95. The molecule has 1 saturated heterocycles. The third-order valence-corrected chi connectivity index (χ3v) is 4.99. The second kappa shape index (κ2) is 8.77. The van der Waals surface area contributed by atoms with E-state index in [0.717, 1.165) is 56.7 Å². The molecule has 0 atom stereocenters. The molecule has 0 unspecified atom stereocenters. The number of carbonyl (C=O) groups excluding carboxylic acids is 1. The Morgan fingerprint density at radius 1 is 1.16 bits per heavy atom. The van der Waals surface area contributed by atoms with Gasteiger partial charge in [0.15, 0.2) is 0 Å². The molecule has 0 bridgehead atoms. The maximum absolute atomic E-state index is 12.3. The summed E-state index contributed by atoms with van der Waals surface area (Å²) in [7, 11) is 0.